The second kappa shape index (κ2) is 4.54. The summed E-state index contributed by atoms with van der Waals surface area (Å²) in [5, 5.41) is 9.37. The fourth-order valence-electron chi connectivity index (χ4n) is 1.94. The van der Waals surface area contributed by atoms with Crippen molar-refractivity contribution in [3.8, 4) is 0 Å². The van der Waals surface area contributed by atoms with Gasteiger partial charge in [0.1, 0.15) is 0 Å². The van der Waals surface area contributed by atoms with Crippen molar-refractivity contribution in [1.29, 1.82) is 0 Å². The van der Waals surface area contributed by atoms with E-state index in [1.54, 1.807) is 0 Å². The van der Waals surface area contributed by atoms with Gasteiger partial charge in [-0.25, -0.2) is 0 Å². The average molecular weight is 214 g/mol. The molecule has 0 rings (SSSR count). The first-order valence-electron chi connectivity index (χ1n) is 5.77. The molecule has 0 saturated heterocycles. The van der Waals surface area contributed by atoms with Crippen LogP contribution in [-0.4, -0.2) is 11.1 Å². The molecule has 2 atom stereocenters. The summed E-state index contributed by atoms with van der Waals surface area (Å²) >= 11 is 0. The van der Waals surface area contributed by atoms with E-state index in [0.29, 0.717) is 0 Å². The predicted molar refractivity (Wildman–Crippen MR) is 63.8 cm³/mol. The molecule has 0 radical (unpaired) electrons. The minimum absolute atomic E-state index is 0.0372. The molecular formula is C13H26O2. The Morgan fingerprint density at radius 1 is 1.20 bits per heavy atom. The van der Waals surface area contributed by atoms with Crippen LogP contribution in [0.25, 0.3) is 0 Å². The molecule has 0 aromatic heterocycles. The third-order valence-electron chi connectivity index (χ3n) is 3.89. The standard InChI is InChI=1S/C13H26O2/c1-8-13(6,7)10(11(14)15)9(2)12(3,4)5/h9-10H,8H2,1-7H3,(H,14,15). The van der Waals surface area contributed by atoms with E-state index in [9.17, 15) is 9.90 Å². The van der Waals surface area contributed by atoms with Gasteiger partial charge >= 0.3 is 5.97 Å². The van der Waals surface area contributed by atoms with E-state index in [2.05, 4.69) is 34.6 Å². The molecule has 0 aliphatic rings. The highest BCUT2D eigenvalue weighted by Crippen LogP contribution is 2.43. The van der Waals surface area contributed by atoms with Crippen LogP contribution >= 0.6 is 0 Å². The molecule has 90 valence electrons. The minimum Gasteiger partial charge on any atom is -0.481 e. The molecule has 0 aromatic carbocycles. The second-order valence-corrected chi connectivity index (χ2v) is 6.31. The van der Waals surface area contributed by atoms with Crippen LogP contribution in [0, 0.1) is 22.7 Å². The first-order valence-corrected chi connectivity index (χ1v) is 5.77. The van der Waals surface area contributed by atoms with Crippen molar-refractivity contribution < 1.29 is 9.90 Å². The predicted octanol–water partition coefficient (Wildman–Crippen LogP) is 3.81. The number of carboxylic acid groups (broad SMARTS) is 1. The lowest BCUT2D eigenvalue weighted by Gasteiger charge is -2.40. The number of rotatable bonds is 4. The lowest BCUT2D eigenvalue weighted by Crippen LogP contribution is -2.40. The average Bonchev–Trinajstić information content (AvgIpc) is 2.01. The highest BCUT2D eigenvalue weighted by molar-refractivity contribution is 5.71. The Labute approximate surface area is 94.1 Å². The largest absolute Gasteiger partial charge is 0.481 e. The lowest BCUT2D eigenvalue weighted by atomic mass is 9.63. The van der Waals surface area contributed by atoms with Crippen LogP contribution < -0.4 is 0 Å². The fraction of sp³-hybridized carbons (Fsp3) is 0.923. The summed E-state index contributed by atoms with van der Waals surface area (Å²) in [6, 6.07) is 0. The molecular weight excluding hydrogens is 188 g/mol. The van der Waals surface area contributed by atoms with Gasteiger partial charge < -0.3 is 5.11 Å². The second-order valence-electron chi connectivity index (χ2n) is 6.31. The Balaban J connectivity index is 5.08. The van der Waals surface area contributed by atoms with E-state index in [1.807, 2.05) is 13.8 Å². The highest BCUT2D eigenvalue weighted by atomic mass is 16.4. The van der Waals surface area contributed by atoms with Gasteiger partial charge in [0, 0.05) is 0 Å². The van der Waals surface area contributed by atoms with Gasteiger partial charge in [-0.3, -0.25) is 4.79 Å². The summed E-state index contributed by atoms with van der Waals surface area (Å²) < 4.78 is 0. The Bertz CT molecular complexity index is 223. The van der Waals surface area contributed by atoms with Gasteiger partial charge in [-0.15, -0.1) is 0 Å². The molecule has 0 amide bonds. The van der Waals surface area contributed by atoms with Gasteiger partial charge in [-0.1, -0.05) is 54.9 Å². The zero-order valence-electron chi connectivity index (χ0n) is 11.2. The monoisotopic (exact) mass is 214 g/mol. The van der Waals surface area contributed by atoms with Crippen molar-refractivity contribution in [3.05, 3.63) is 0 Å². The first kappa shape index (κ1) is 14.5. The van der Waals surface area contributed by atoms with E-state index >= 15 is 0 Å². The molecule has 15 heavy (non-hydrogen) atoms. The number of hydrogen-bond donors (Lipinski definition) is 1. The molecule has 0 spiro atoms. The summed E-state index contributed by atoms with van der Waals surface area (Å²) in [7, 11) is 0. The molecule has 0 fully saturated rings. The van der Waals surface area contributed by atoms with Crippen LogP contribution in [-0.2, 0) is 4.79 Å². The van der Waals surface area contributed by atoms with E-state index in [0.717, 1.165) is 6.42 Å². The van der Waals surface area contributed by atoms with Gasteiger partial charge in [0.15, 0.2) is 0 Å². The molecule has 0 saturated carbocycles. The van der Waals surface area contributed by atoms with Crippen LogP contribution in [0.1, 0.15) is 54.9 Å². The normalized spacial score (nSPS) is 17.3. The number of hydrogen-bond acceptors (Lipinski definition) is 1. The van der Waals surface area contributed by atoms with Gasteiger partial charge in [0.25, 0.3) is 0 Å². The van der Waals surface area contributed by atoms with E-state index in [1.165, 1.54) is 0 Å². The Morgan fingerprint density at radius 2 is 1.60 bits per heavy atom. The van der Waals surface area contributed by atoms with Crippen molar-refractivity contribution in [3.63, 3.8) is 0 Å². The summed E-state index contributed by atoms with van der Waals surface area (Å²) in [6.45, 7) is 14.5. The van der Waals surface area contributed by atoms with E-state index < -0.39 is 5.97 Å². The van der Waals surface area contributed by atoms with Gasteiger partial charge in [-0.2, -0.15) is 0 Å². The zero-order chi connectivity index (χ0) is 12.4. The molecule has 2 unspecified atom stereocenters. The van der Waals surface area contributed by atoms with Crippen molar-refractivity contribution in [2.45, 2.75) is 54.9 Å². The first-order chi connectivity index (χ1) is 6.54. The van der Waals surface area contributed by atoms with Gasteiger partial charge in [-0.05, 0) is 16.7 Å². The van der Waals surface area contributed by atoms with Crippen molar-refractivity contribution in [1.82, 2.24) is 0 Å². The Kier molecular flexibility index (Phi) is 4.38. The summed E-state index contributed by atoms with van der Waals surface area (Å²) in [6.07, 6.45) is 0.893. The lowest BCUT2D eigenvalue weighted by molar-refractivity contribution is -0.151. The molecule has 0 heterocycles. The highest BCUT2D eigenvalue weighted by Gasteiger charge is 2.42. The maximum Gasteiger partial charge on any atom is 0.307 e. The summed E-state index contributed by atoms with van der Waals surface area (Å²) in [4.78, 5) is 11.4. The van der Waals surface area contributed by atoms with Gasteiger partial charge in [0.2, 0.25) is 0 Å². The smallest absolute Gasteiger partial charge is 0.307 e. The SMILES string of the molecule is CCC(C)(C)C(C(=O)O)C(C)C(C)(C)C. The van der Waals surface area contributed by atoms with E-state index in [4.69, 9.17) is 0 Å². The number of carbonyl (C=O) groups is 1. The number of carboxylic acids is 1. The molecule has 0 aliphatic carbocycles. The third kappa shape index (κ3) is 3.51. The molecule has 0 aromatic rings. The molecule has 2 nitrogen and oxygen atoms in total. The molecule has 2 heteroatoms. The summed E-state index contributed by atoms with van der Waals surface area (Å²) in [5.74, 6) is -0.767. The third-order valence-corrected chi connectivity index (χ3v) is 3.89. The topological polar surface area (TPSA) is 37.3 Å². The van der Waals surface area contributed by atoms with E-state index in [-0.39, 0.29) is 22.7 Å². The van der Waals surface area contributed by atoms with Crippen LogP contribution in [0.5, 0.6) is 0 Å². The minimum atomic E-state index is -0.663. The van der Waals surface area contributed by atoms with Crippen molar-refractivity contribution in [2.24, 2.45) is 22.7 Å². The maximum atomic E-state index is 11.4. The summed E-state index contributed by atoms with van der Waals surface area (Å²) in [5.41, 5.74) is -0.103. The van der Waals surface area contributed by atoms with Crippen molar-refractivity contribution in [2.75, 3.05) is 0 Å². The van der Waals surface area contributed by atoms with Crippen LogP contribution in [0.2, 0.25) is 0 Å². The molecule has 0 aliphatic heterocycles. The zero-order valence-corrected chi connectivity index (χ0v) is 11.2. The van der Waals surface area contributed by atoms with Crippen LogP contribution in [0.15, 0.2) is 0 Å². The van der Waals surface area contributed by atoms with Crippen LogP contribution in [0.3, 0.4) is 0 Å². The van der Waals surface area contributed by atoms with Crippen LogP contribution in [0.4, 0.5) is 0 Å². The van der Waals surface area contributed by atoms with Gasteiger partial charge in [0.05, 0.1) is 5.92 Å². The maximum absolute atomic E-state index is 11.4. The number of aliphatic carboxylic acids is 1. The Hall–Kier alpha value is -0.530. The molecule has 1 N–H and O–H groups in total. The Morgan fingerprint density at radius 3 is 1.80 bits per heavy atom. The quantitative estimate of drug-likeness (QED) is 0.772. The van der Waals surface area contributed by atoms with Crippen molar-refractivity contribution >= 4 is 5.97 Å². The fourth-order valence-corrected chi connectivity index (χ4v) is 1.94. The molecule has 0 bridgehead atoms.